The van der Waals surface area contributed by atoms with E-state index in [0.717, 1.165) is 11.3 Å². The number of fused-ring (bicyclic) bond motifs is 1. The average Bonchev–Trinajstić information content (AvgIpc) is 3.17. The van der Waals surface area contributed by atoms with Gasteiger partial charge in [-0.2, -0.15) is 0 Å². The lowest BCUT2D eigenvalue weighted by Gasteiger charge is -2.05. The van der Waals surface area contributed by atoms with Gasteiger partial charge in [-0.1, -0.05) is 77.9 Å². The van der Waals surface area contributed by atoms with Gasteiger partial charge in [-0.15, -0.1) is 11.3 Å². The molecule has 0 N–H and O–H groups in total. The molecule has 5 aromatic rings. The van der Waals surface area contributed by atoms with Crippen molar-refractivity contribution in [3.8, 4) is 32.8 Å². The predicted octanol–water partition coefficient (Wildman–Crippen LogP) is 7.91. The van der Waals surface area contributed by atoms with Crippen LogP contribution in [0.2, 0.25) is 0 Å². The third-order valence-electron chi connectivity index (χ3n) is 5.17. The zero-order valence-corrected chi connectivity index (χ0v) is 17.3. The lowest BCUT2D eigenvalue weighted by molar-refractivity contribution is 1.36. The Labute approximate surface area is 175 Å². The second-order valence-corrected chi connectivity index (χ2v) is 8.63. The Morgan fingerprint density at radius 1 is 0.621 bits per heavy atom. The fourth-order valence-corrected chi connectivity index (χ4v) is 4.90. The van der Waals surface area contributed by atoms with Gasteiger partial charge < -0.3 is 0 Å². The van der Waals surface area contributed by atoms with E-state index in [1.54, 1.807) is 0 Å². The Morgan fingerprint density at radius 3 is 2.14 bits per heavy atom. The van der Waals surface area contributed by atoms with Crippen LogP contribution in [0.25, 0.3) is 42.9 Å². The van der Waals surface area contributed by atoms with E-state index in [4.69, 9.17) is 4.98 Å². The van der Waals surface area contributed by atoms with Crippen LogP contribution in [-0.4, -0.2) is 4.98 Å². The van der Waals surface area contributed by atoms with E-state index in [-0.39, 0.29) is 0 Å². The molecule has 5 rings (SSSR count). The molecule has 0 atom stereocenters. The molecule has 29 heavy (non-hydrogen) atoms. The van der Waals surface area contributed by atoms with Crippen LogP contribution in [-0.2, 0) is 0 Å². The summed E-state index contributed by atoms with van der Waals surface area (Å²) in [5.41, 5.74) is 8.49. The number of benzene rings is 3. The van der Waals surface area contributed by atoms with Gasteiger partial charge in [0, 0.05) is 26.7 Å². The van der Waals surface area contributed by atoms with E-state index in [0.29, 0.717) is 0 Å². The van der Waals surface area contributed by atoms with Crippen LogP contribution in [0.5, 0.6) is 0 Å². The molecule has 0 radical (unpaired) electrons. The normalized spacial score (nSPS) is 11.1. The summed E-state index contributed by atoms with van der Waals surface area (Å²) in [7, 11) is 0. The molecular weight excluding hydrogens is 370 g/mol. The molecule has 2 heteroatoms. The minimum Gasteiger partial charge on any atom is -0.256 e. The van der Waals surface area contributed by atoms with Crippen molar-refractivity contribution in [1.29, 1.82) is 0 Å². The van der Waals surface area contributed by atoms with Crippen LogP contribution in [0.3, 0.4) is 0 Å². The molecule has 0 saturated heterocycles. The maximum Gasteiger partial charge on any atom is 0.0716 e. The van der Waals surface area contributed by atoms with Crippen LogP contribution in [0.1, 0.15) is 11.1 Å². The summed E-state index contributed by atoms with van der Waals surface area (Å²) in [5, 5.41) is 1.20. The highest BCUT2D eigenvalue weighted by molar-refractivity contribution is 7.22. The highest BCUT2D eigenvalue weighted by Crippen LogP contribution is 2.36. The molecule has 0 spiro atoms. The van der Waals surface area contributed by atoms with Crippen molar-refractivity contribution in [2.24, 2.45) is 0 Å². The van der Waals surface area contributed by atoms with E-state index in [1.807, 2.05) is 23.6 Å². The minimum absolute atomic E-state index is 1.02. The molecule has 3 aromatic carbocycles. The minimum atomic E-state index is 1.02. The number of aryl methyl sites for hydroxylation is 2. The van der Waals surface area contributed by atoms with Crippen molar-refractivity contribution >= 4 is 21.4 Å². The molecule has 2 aromatic heterocycles. The standard InChI is InChI=1S/C27H21NS/c1-18-11-19(2)13-23(12-18)26-15-24-17-28-25(16-27(24)29-26)22-10-6-9-21(14-22)20-7-4-3-5-8-20/h3-17H,1-2H3. The number of aromatic nitrogens is 1. The van der Waals surface area contributed by atoms with Gasteiger partial charge in [0.2, 0.25) is 0 Å². The highest BCUT2D eigenvalue weighted by Gasteiger charge is 2.09. The molecule has 0 unspecified atom stereocenters. The third-order valence-corrected chi connectivity index (χ3v) is 6.32. The SMILES string of the molecule is Cc1cc(C)cc(-c2cc3cnc(-c4cccc(-c5ccccc5)c4)cc3s2)c1. The molecule has 0 aliphatic rings. The number of thiophene rings is 1. The fraction of sp³-hybridized carbons (Fsp3) is 0.0741. The molecular formula is C27H21NS. The van der Waals surface area contributed by atoms with E-state index in [2.05, 4.69) is 92.7 Å². The largest absolute Gasteiger partial charge is 0.256 e. The van der Waals surface area contributed by atoms with E-state index in [9.17, 15) is 0 Å². The van der Waals surface area contributed by atoms with Crippen LogP contribution in [0, 0.1) is 13.8 Å². The molecule has 140 valence electrons. The fourth-order valence-electron chi connectivity index (χ4n) is 3.84. The lowest BCUT2D eigenvalue weighted by atomic mass is 10.0. The van der Waals surface area contributed by atoms with E-state index < -0.39 is 0 Å². The van der Waals surface area contributed by atoms with Crippen molar-refractivity contribution in [3.05, 3.63) is 102 Å². The topological polar surface area (TPSA) is 12.9 Å². The summed E-state index contributed by atoms with van der Waals surface area (Å²) >= 11 is 1.84. The van der Waals surface area contributed by atoms with Gasteiger partial charge in [-0.05, 0) is 48.7 Å². The second kappa shape index (κ2) is 7.31. The van der Waals surface area contributed by atoms with Crippen molar-refractivity contribution < 1.29 is 0 Å². The van der Waals surface area contributed by atoms with Gasteiger partial charge in [0.25, 0.3) is 0 Å². The lowest BCUT2D eigenvalue weighted by Crippen LogP contribution is -1.84. The van der Waals surface area contributed by atoms with Gasteiger partial charge in [0.05, 0.1) is 5.69 Å². The van der Waals surface area contributed by atoms with Crippen LogP contribution >= 0.6 is 11.3 Å². The Kier molecular flexibility index (Phi) is 4.49. The molecule has 1 nitrogen and oxygen atoms in total. The first-order valence-electron chi connectivity index (χ1n) is 9.80. The predicted molar refractivity (Wildman–Crippen MR) is 125 cm³/mol. The molecule has 0 fully saturated rings. The monoisotopic (exact) mass is 391 g/mol. The average molecular weight is 392 g/mol. The summed E-state index contributed by atoms with van der Waals surface area (Å²) in [6, 6.07) is 30.3. The first kappa shape index (κ1) is 17.8. The summed E-state index contributed by atoms with van der Waals surface area (Å²) in [6.07, 6.45) is 2.00. The van der Waals surface area contributed by atoms with Crippen molar-refractivity contribution in [2.75, 3.05) is 0 Å². The maximum absolute atomic E-state index is 4.76. The molecule has 0 saturated carbocycles. The number of hydrogen-bond donors (Lipinski definition) is 0. The number of hydrogen-bond acceptors (Lipinski definition) is 2. The van der Waals surface area contributed by atoms with Gasteiger partial charge >= 0.3 is 0 Å². The van der Waals surface area contributed by atoms with Gasteiger partial charge in [-0.25, -0.2) is 0 Å². The Bertz CT molecular complexity index is 1290. The Hall–Kier alpha value is -3.23. The summed E-state index contributed by atoms with van der Waals surface area (Å²) in [4.78, 5) is 6.06. The molecule has 0 amide bonds. The summed E-state index contributed by atoms with van der Waals surface area (Å²) < 4.78 is 1.27. The molecule has 2 heterocycles. The zero-order chi connectivity index (χ0) is 19.8. The first-order valence-corrected chi connectivity index (χ1v) is 10.6. The maximum atomic E-state index is 4.76. The third kappa shape index (κ3) is 3.59. The van der Waals surface area contributed by atoms with E-state index >= 15 is 0 Å². The number of nitrogens with zero attached hydrogens (tertiary/aromatic N) is 1. The number of rotatable bonds is 3. The van der Waals surface area contributed by atoms with Gasteiger partial charge in [-0.3, -0.25) is 4.98 Å². The van der Waals surface area contributed by atoms with Gasteiger partial charge in [0.1, 0.15) is 0 Å². The summed E-state index contributed by atoms with van der Waals surface area (Å²) in [5.74, 6) is 0. The molecule has 0 aliphatic carbocycles. The summed E-state index contributed by atoms with van der Waals surface area (Å²) in [6.45, 7) is 4.31. The first-order chi connectivity index (χ1) is 14.2. The highest BCUT2D eigenvalue weighted by atomic mass is 32.1. The van der Waals surface area contributed by atoms with Gasteiger partial charge in [0.15, 0.2) is 0 Å². The van der Waals surface area contributed by atoms with Crippen LogP contribution < -0.4 is 0 Å². The van der Waals surface area contributed by atoms with E-state index in [1.165, 1.54) is 42.8 Å². The van der Waals surface area contributed by atoms with Crippen molar-refractivity contribution in [2.45, 2.75) is 13.8 Å². The second-order valence-electron chi connectivity index (χ2n) is 7.54. The number of pyridine rings is 1. The Morgan fingerprint density at radius 2 is 1.34 bits per heavy atom. The quantitative estimate of drug-likeness (QED) is 0.304. The smallest absolute Gasteiger partial charge is 0.0716 e. The van der Waals surface area contributed by atoms with Crippen molar-refractivity contribution in [1.82, 2.24) is 4.98 Å². The zero-order valence-electron chi connectivity index (χ0n) is 16.5. The van der Waals surface area contributed by atoms with Crippen LogP contribution in [0.4, 0.5) is 0 Å². The molecule has 0 bridgehead atoms. The van der Waals surface area contributed by atoms with Crippen LogP contribution in [0.15, 0.2) is 91.1 Å². The Balaban J connectivity index is 1.55. The molecule has 0 aliphatic heterocycles. The van der Waals surface area contributed by atoms with Crippen molar-refractivity contribution in [3.63, 3.8) is 0 Å².